The minimum Gasteiger partial charge on any atom is -0.494 e. The summed E-state index contributed by atoms with van der Waals surface area (Å²) >= 11 is 6.69. The van der Waals surface area contributed by atoms with E-state index in [4.69, 9.17) is 17.0 Å². The third-order valence-corrected chi connectivity index (χ3v) is 4.86. The van der Waals surface area contributed by atoms with Gasteiger partial charge in [-0.2, -0.15) is 0 Å². The molecule has 0 aliphatic carbocycles. The van der Waals surface area contributed by atoms with E-state index in [1.165, 1.54) is 11.8 Å². The number of hydrogen-bond acceptors (Lipinski definition) is 4. The summed E-state index contributed by atoms with van der Waals surface area (Å²) in [6.45, 7) is 2.54. The van der Waals surface area contributed by atoms with Crippen LogP contribution in [0.2, 0.25) is 0 Å². The number of rotatable bonds is 5. The first-order valence-electron chi connectivity index (χ1n) is 7.91. The summed E-state index contributed by atoms with van der Waals surface area (Å²) in [7, 11) is 0. The number of thiocarbonyl (C=S) groups is 1. The molecule has 2 aromatic carbocycles. The molecule has 0 unspecified atom stereocenters. The quantitative estimate of drug-likeness (QED) is 0.546. The lowest BCUT2D eigenvalue weighted by Crippen LogP contribution is -2.27. The van der Waals surface area contributed by atoms with E-state index in [9.17, 15) is 4.79 Å². The van der Waals surface area contributed by atoms with E-state index in [0.29, 0.717) is 15.8 Å². The molecule has 0 spiro atoms. The normalized spacial score (nSPS) is 16.2. The molecular weight excluding hydrogens is 350 g/mol. The van der Waals surface area contributed by atoms with Crippen LogP contribution in [0, 0.1) is 0 Å². The van der Waals surface area contributed by atoms with Gasteiger partial charge in [-0.05, 0) is 42.8 Å². The van der Waals surface area contributed by atoms with Gasteiger partial charge in [-0.15, -0.1) is 0 Å². The Kier molecular flexibility index (Phi) is 5.68. The van der Waals surface area contributed by atoms with Gasteiger partial charge < -0.3 is 4.74 Å². The van der Waals surface area contributed by atoms with Crippen LogP contribution in [0.1, 0.15) is 12.5 Å². The molecule has 1 saturated heterocycles. The van der Waals surface area contributed by atoms with Crippen molar-refractivity contribution in [1.29, 1.82) is 0 Å². The van der Waals surface area contributed by atoms with Gasteiger partial charge in [0.2, 0.25) is 0 Å². The Labute approximate surface area is 157 Å². The van der Waals surface area contributed by atoms with E-state index in [-0.39, 0.29) is 5.91 Å². The highest BCUT2D eigenvalue weighted by Gasteiger charge is 2.32. The van der Waals surface area contributed by atoms with Gasteiger partial charge in [0.25, 0.3) is 5.91 Å². The molecule has 0 atom stereocenters. The number of nitrogens with zero attached hydrogens (tertiary/aromatic N) is 1. The maximum Gasteiger partial charge on any atom is 0.270 e. The van der Waals surface area contributed by atoms with Crippen molar-refractivity contribution in [3.8, 4) is 5.75 Å². The fraction of sp³-hybridized carbons (Fsp3) is 0.100. The standard InChI is InChI=1S/C20H17NO2S2/c1-2-23-17-13-11-16(12-14-17)21-19(22)18(25-20(21)24)10-6-9-15-7-4-3-5-8-15/h3-14H,2H2,1H3/b9-6+,18-10-. The zero-order chi connectivity index (χ0) is 17.6. The highest BCUT2D eigenvalue weighted by Crippen LogP contribution is 2.35. The number of hydrogen-bond donors (Lipinski definition) is 0. The summed E-state index contributed by atoms with van der Waals surface area (Å²) in [5.41, 5.74) is 1.84. The molecule has 1 amide bonds. The van der Waals surface area contributed by atoms with Crippen LogP contribution in [0.3, 0.4) is 0 Å². The molecule has 1 aliphatic rings. The first-order valence-corrected chi connectivity index (χ1v) is 9.14. The van der Waals surface area contributed by atoms with Crippen LogP contribution >= 0.6 is 24.0 Å². The highest BCUT2D eigenvalue weighted by molar-refractivity contribution is 8.27. The number of allylic oxidation sites excluding steroid dienone is 2. The number of benzene rings is 2. The molecule has 5 heteroatoms. The van der Waals surface area contributed by atoms with Crippen LogP contribution in [-0.4, -0.2) is 16.8 Å². The van der Waals surface area contributed by atoms with Gasteiger partial charge in [0, 0.05) is 0 Å². The number of carbonyl (C=O) groups is 1. The molecule has 1 fully saturated rings. The van der Waals surface area contributed by atoms with Gasteiger partial charge in [0.15, 0.2) is 4.32 Å². The van der Waals surface area contributed by atoms with Crippen molar-refractivity contribution in [3.05, 3.63) is 77.2 Å². The molecule has 0 radical (unpaired) electrons. The van der Waals surface area contributed by atoms with E-state index < -0.39 is 0 Å². The predicted molar refractivity (Wildman–Crippen MR) is 109 cm³/mol. The number of ether oxygens (including phenoxy) is 1. The van der Waals surface area contributed by atoms with Gasteiger partial charge in [0.1, 0.15) is 5.75 Å². The minimum atomic E-state index is -0.100. The summed E-state index contributed by atoms with van der Waals surface area (Å²) < 4.78 is 5.97. The Bertz CT molecular complexity index is 827. The first kappa shape index (κ1) is 17.5. The maximum absolute atomic E-state index is 12.7. The number of carbonyl (C=O) groups excluding carboxylic acids is 1. The van der Waals surface area contributed by atoms with E-state index in [0.717, 1.165) is 17.0 Å². The zero-order valence-electron chi connectivity index (χ0n) is 13.7. The molecule has 0 bridgehead atoms. The Morgan fingerprint density at radius 2 is 1.84 bits per heavy atom. The largest absolute Gasteiger partial charge is 0.494 e. The van der Waals surface area contributed by atoms with Crippen molar-refractivity contribution in [2.45, 2.75) is 6.92 Å². The third kappa shape index (κ3) is 4.18. The number of thioether (sulfide) groups is 1. The molecule has 126 valence electrons. The molecule has 1 aliphatic heterocycles. The Balaban J connectivity index is 1.75. The lowest BCUT2D eigenvalue weighted by molar-refractivity contribution is -0.113. The van der Waals surface area contributed by atoms with E-state index in [2.05, 4.69) is 0 Å². The van der Waals surface area contributed by atoms with Crippen molar-refractivity contribution in [2.75, 3.05) is 11.5 Å². The van der Waals surface area contributed by atoms with Crippen LogP contribution in [0.25, 0.3) is 6.08 Å². The fourth-order valence-electron chi connectivity index (χ4n) is 2.37. The highest BCUT2D eigenvalue weighted by atomic mass is 32.2. The van der Waals surface area contributed by atoms with Crippen LogP contribution in [-0.2, 0) is 4.79 Å². The second-order valence-corrected chi connectivity index (χ2v) is 6.91. The summed E-state index contributed by atoms with van der Waals surface area (Å²) in [4.78, 5) is 14.8. The monoisotopic (exact) mass is 367 g/mol. The SMILES string of the molecule is CCOc1ccc(N2C(=O)/C(=C/C=C/c3ccccc3)SC2=S)cc1. The van der Waals surface area contributed by atoms with Crippen molar-refractivity contribution in [2.24, 2.45) is 0 Å². The summed E-state index contributed by atoms with van der Waals surface area (Å²) in [5, 5.41) is 0. The van der Waals surface area contributed by atoms with Crippen molar-refractivity contribution >= 4 is 46.0 Å². The first-order chi connectivity index (χ1) is 12.2. The molecule has 0 N–H and O–H groups in total. The van der Waals surface area contributed by atoms with Gasteiger partial charge in [-0.25, -0.2) is 0 Å². The smallest absolute Gasteiger partial charge is 0.270 e. The summed E-state index contributed by atoms with van der Waals surface area (Å²) in [5.74, 6) is 0.676. The topological polar surface area (TPSA) is 29.5 Å². The molecule has 2 aromatic rings. The Hall–Kier alpha value is -2.37. The Morgan fingerprint density at radius 3 is 2.52 bits per heavy atom. The number of amides is 1. The van der Waals surface area contributed by atoms with Crippen molar-refractivity contribution < 1.29 is 9.53 Å². The second-order valence-electron chi connectivity index (χ2n) is 5.24. The average molecular weight is 367 g/mol. The van der Waals surface area contributed by atoms with Crippen molar-refractivity contribution in [1.82, 2.24) is 0 Å². The van der Waals surface area contributed by atoms with Gasteiger partial charge >= 0.3 is 0 Å². The Morgan fingerprint density at radius 1 is 1.12 bits per heavy atom. The molecule has 3 rings (SSSR count). The molecule has 0 aromatic heterocycles. The third-order valence-electron chi connectivity index (χ3n) is 3.54. The lowest BCUT2D eigenvalue weighted by Gasteiger charge is -2.15. The van der Waals surface area contributed by atoms with E-state index in [1.54, 1.807) is 11.0 Å². The number of anilines is 1. The van der Waals surface area contributed by atoms with Gasteiger partial charge in [0.05, 0.1) is 17.2 Å². The van der Waals surface area contributed by atoms with Crippen molar-refractivity contribution in [3.63, 3.8) is 0 Å². The summed E-state index contributed by atoms with van der Waals surface area (Å²) in [6.07, 6.45) is 5.64. The average Bonchev–Trinajstić information content (AvgIpc) is 2.91. The molecular formula is C20H17NO2S2. The van der Waals surface area contributed by atoms with Crippen LogP contribution in [0.15, 0.2) is 71.7 Å². The molecule has 3 nitrogen and oxygen atoms in total. The maximum atomic E-state index is 12.7. The fourth-order valence-corrected chi connectivity index (χ4v) is 3.62. The summed E-state index contributed by atoms with van der Waals surface area (Å²) in [6, 6.07) is 17.3. The lowest BCUT2D eigenvalue weighted by atomic mass is 10.2. The second kappa shape index (κ2) is 8.14. The van der Waals surface area contributed by atoms with Crippen LogP contribution in [0.4, 0.5) is 5.69 Å². The van der Waals surface area contributed by atoms with E-state index in [1.807, 2.05) is 73.7 Å². The van der Waals surface area contributed by atoms with E-state index >= 15 is 0 Å². The molecule has 25 heavy (non-hydrogen) atoms. The van der Waals surface area contributed by atoms with Crippen LogP contribution < -0.4 is 9.64 Å². The predicted octanol–water partition coefficient (Wildman–Crippen LogP) is 5.05. The molecule has 0 saturated carbocycles. The van der Waals surface area contributed by atoms with Gasteiger partial charge in [-0.1, -0.05) is 66.5 Å². The van der Waals surface area contributed by atoms with Gasteiger partial charge in [-0.3, -0.25) is 9.69 Å². The zero-order valence-corrected chi connectivity index (χ0v) is 15.3. The van der Waals surface area contributed by atoms with Crippen LogP contribution in [0.5, 0.6) is 5.75 Å². The minimum absolute atomic E-state index is 0.100. The molecule has 1 heterocycles.